The number of carbonyl (C=O) groups is 1. The van der Waals surface area contributed by atoms with Gasteiger partial charge in [0.2, 0.25) is 0 Å². The fraction of sp³-hybridized carbons (Fsp3) is 0.333. The number of rotatable bonds is 3. The quantitative estimate of drug-likeness (QED) is 0.882. The van der Waals surface area contributed by atoms with Crippen LogP contribution in [0.15, 0.2) is 30.3 Å². The van der Waals surface area contributed by atoms with E-state index in [1.807, 2.05) is 30.3 Å². The zero-order chi connectivity index (χ0) is 14.8. The number of carbonyl (C=O) groups excluding carboxylic acids is 1. The lowest BCUT2D eigenvalue weighted by molar-refractivity contribution is -0.144. The summed E-state index contributed by atoms with van der Waals surface area (Å²) in [6.07, 6.45) is 0.804. The summed E-state index contributed by atoms with van der Waals surface area (Å²) >= 11 is 1.39. The summed E-state index contributed by atoms with van der Waals surface area (Å²) in [5.74, 6) is 0.334. The molecule has 1 unspecified atom stereocenters. The number of hydrogen-bond donors (Lipinski definition) is 1. The van der Waals surface area contributed by atoms with Gasteiger partial charge >= 0.3 is 5.97 Å². The van der Waals surface area contributed by atoms with E-state index < -0.39 is 0 Å². The van der Waals surface area contributed by atoms with E-state index in [0.29, 0.717) is 12.4 Å². The van der Waals surface area contributed by atoms with Gasteiger partial charge < -0.3 is 15.4 Å². The molecule has 110 valence electrons. The molecule has 0 amide bonds. The molecule has 0 radical (unpaired) electrons. The monoisotopic (exact) mass is 303 g/mol. The number of nitrogen functional groups attached to an aromatic ring is 1. The Morgan fingerprint density at radius 2 is 2.19 bits per heavy atom. The normalized spacial score (nSPS) is 18.0. The van der Waals surface area contributed by atoms with Crippen LogP contribution in [0.25, 0.3) is 11.1 Å². The van der Waals surface area contributed by atoms with Crippen LogP contribution in [0.2, 0.25) is 0 Å². The Hall–Kier alpha value is -2.08. The number of ether oxygens (including phenoxy) is 1. The SMILES string of the molecule is COC(=O)C1CCN(c2snc(N)c2-c2ccccc2)C1. The van der Waals surface area contributed by atoms with Crippen molar-refractivity contribution >= 4 is 28.3 Å². The van der Waals surface area contributed by atoms with Gasteiger partial charge in [-0.05, 0) is 23.5 Å². The van der Waals surface area contributed by atoms with Crippen LogP contribution in [-0.2, 0) is 9.53 Å². The standard InChI is InChI=1S/C15H17N3O2S/c1-20-15(19)11-7-8-18(9-11)14-12(13(16)17-21-14)10-5-3-2-4-6-10/h2-6,11H,7-9H2,1H3,(H2,16,17). The van der Waals surface area contributed by atoms with Crippen molar-refractivity contribution in [2.45, 2.75) is 6.42 Å². The summed E-state index contributed by atoms with van der Waals surface area (Å²) in [7, 11) is 1.44. The minimum atomic E-state index is -0.142. The molecule has 21 heavy (non-hydrogen) atoms. The van der Waals surface area contributed by atoms with Crippen LogP contribution in [0.1, 0.15) is 6.42 Å². The van der Waals surface area contributed by atoms with Gasteiger partial charge in [0, 0.05) is 13.1 Å². The minimum Gasteiger partial charge on any atom is -0.469 e. The molecular formula is C15H17N3O2S. The number of nitrogens with zero attached hydrogens (tertiary/aromatic N) is 2. The smallest absolute Gasteiger partial charge is 0.310 e. The maximum absolute atomic E-state index is 11.7. The maximum atomic E-state index is 11.7. The lowest BCUT2D eigenvalue weighted by Crippen LogP contribution is -2.23. The number of methoxy groups -OCH3 is 1. The van der Waals surface area contributed by atoms with Crippen LogP contribution in [0.5, 0.6) is 0 Å². The fourth-order valence-electron chi connectivity index (χ4n) is 2.69. The van der Waals surface area contributed by atoms with Gasteiger partial charge in [-0.3, -0.25) is 4.79 Å². The van der Waals surface area contributed by atoms with E-state index in [2.05, 4.69) is 9.27 Å². The molecule has 1 fully saturated rings. The highest BCUT2D eigenvalue weighted by molar-refractivity contribution is 7.11. The van der Waals surface area contributed by atoms with E-state index >= 15 is 0 Å². The van der Waals surface area contributed by atoms with Crippen LogP contribution in [0.4, 0.5) is 10.8 Å². The van der Waals surface area contributed by atoms with Crippen LogP contribution < -0.4 is 10.6 Å². The highest BCUT2D eigenvalue weighted by Gasteiger charge is 2.31. The second-order valence-corrected chi connectivity index (χ2v) is 5.82. The second-order valence-electron chi connectivity index (χ2n) is 5.07. The molecule has 1 aromatic carbocycles. The van der Waals surface area contributed by atoms with Crippen molar-refractivity contribution in [3.05, 3.63) is 30.3 Å². The molecule has 0 saturated carbocycles. The average Bonchev–Trinajstić information content (AvgIpc) is 3.14. The molecule has 1 saturated heterocycles. The van der Waals surface area contributed by atoms with Gasteiger partial charge in [-0.1, -0.05) is 30.3 Å². The number of hydrogen-bond acceptors (Lipinski definition) is 6. The Labute approximate surface area is 127 Å². The predicted octanol–water partition coefficient (Wildman–Crippen LogP) is 2.39. The summed E-state index contributed by atoms with van der Waals surface area (Å²) in [5.41, 5.74) is 8.06. The first-order chi connectivity index (χ1) is 10.2. The van der Waals surface area contributed by atoms with E-state index in [4.69, 9.17) is 10.5 Å². The summed E-state index contributed by atoms with van der Waals surface area (Å²) < 4.78 is 9.13. The van der Waals surface area contributed by atoms with Gasteiger partial charge in [-0.25, -0.2) is 0 Å². The first kappa shape index (κ1) is 13.9. The summed E-state index contributed by atoms with van der Waals surface area (Å²) in [5, 5.41) is 1.03. The summed E-state index contributed by atoms with van der Waals surface area (Å²) in [6, 6.07) is 9.99. The number of nitrogens with two attached hydrogens (primary N) is 1. The molecule has 5 nitrogen and oxygen atoms in total. The summed E-state index contributed by atoms with van der Waals surface area (Å²) in [6.45, 7) is 1.48. The molecule has 1 aliphatic heterocycles. The van der Waals surface area contributed by atoms with Crippen molar-refractivity contribution in [3.8, 4) is 11.1 Å². The zero-order valence-corrected chi connectivity index (χ0v) is 12.6. The lowest BCUT2D eigenvalue weighted by atomic mass is 10.1. The van der Waals surface area contributed by atoms with Crippen molar-refractivity contribution in [1.82, 2.24) is 4.37 Å². The van der Waals surface area contributed by atoms with Gasteiger partial charge in [-0.15, -0.1) is 0 Å². The maximum Gasteiger partial charge on any atom is 0.310 e. The highest BCUT2D eigenvalue weighted by atomic mass is 32.1. The van der Waals surface area contributed by atoms with Crippen LogP contribution in [-0.4, -0.2) is 30.5 Å². The lowest BCUT2D eigenvalue weighted by Gasteiger charge is -2.17. The first-order valence-electron chi connectivity index (χ1n) is 6.84. The molecule has 1 aromatic heterocycles. The molecule has 2 heterocycles. The molecule has 0 aliphatic carbocycles. The molecule has 2 N–H and O–H groups in total. The van der Waals surface area contributed by atoms with Gasteiger partial charge in [0.15, 0.2) is 0 Å². The van der Waals surface area contributed by atoms with Crippen LogP contribution in [0.3, 0.4) is 0 Å². The first-order valence-corrected chi connectivity index (χ1v) is 7.61. The van der Waals surface area contributed by atoms with E-state index in [-0.39, 0.29) is 11.9 Å². The van der Waals surface area contributed by atoms with Crippen molar-refractivity contribution in [2.75, 3.05) is 30.8 Å². The third-order valence-corrected chi connectivity index (χ3v) is 4.70. The average molecular weight is 303 g/mol. The zero-order valence-electron chi connectivity index (χ0n) is 11.8. The number of esters is 1. The van der Waals surface area contributed by atoms with Crippen LogP contribution in [0, 0.1) is 5.92 Å². The predicted molar refractivity (Wildman–Crippen MR) is 84.3 cm³/mol. The fourth-order valence-corrected chi connectivity index (χ4v) is 3.56. The molecule has 3 rings (SSSR count). The summed E-state index contributed by atoms with van der Waals surface area (Å²) in [4.78, 5) is 13.8. The van der Waals surface area contributed by atoms with Gasteiger partial charge in [0.1, 0.15) is 10.8 Å². The Balaban J connectivity index is 1.90. The van der Waals surface area contributed by atoms with Gasteiger partial charge in [0.25, 0.3) is 0 Å². The number of anilines is 2. The third-order valence-electron chi connectivity index (χ3n) is 3.77. The Morgan fingerprint density at radius 1 is 1.43 bits per heavy atom. The second kappa shape index (κ2) is 5.73. The largest absolute Gasteiger partial charge is 0.469 e. The van der Waals surface area contributed by atoms with Gasteiger partial charge in [0.05, 0.1) is 18.6 Å². The van der Waals surface area contributed by atoms with Crippen LogP contribution >= 0.6 is 11.5 Å². The molecule has 2 aromatic rings. The van der Waals surface area contributed by atoms with Crippen molar-refractivity contribution in [3.63, 3.8) is 0 Å². The molecule has 1 atom stereocenters. The van der Waals surface area contributed by atoms with Crippen molar-refractivity contribution in [2.24, 2.45) is 5.92 Å². The Kier molecular flexibility index (Phi) is 3.79. The molecule has 1 aliphatic rings. The molecule has 0 bridgehead atoms. The Morgan fingerprint density at radius 3 is 2.90 bits per heavy atom. The topological polar surface area (TPSA) is 68.5 Å². The number of benzene rings is 1. The van der Waals surface area contributed by atoms with Crippen molar-refractivity contribution < 1.29 is 9.53 Å². The van der Waals surface area contributed by atoms with E-state index in [1.165, 1.54) is 18.6 Å². The van der Waals surface area contributed by atoms with E-state index in [0.717, 1.165) is 29.1 Å². The molecular weight excluding hydrogens is 286 g/mol. The van der Waals surface area contributed by atoms with E-state index in [9.17, 15) is 4.79 Å². The number of aromatic nitrogens is 1. The van der Waals surface area contributed by atoms with Crippen molar-refractivity contribution in [1.29, 1.82) is 0 Å². The van der Waals surface area contributed by atoms with E-state index in [1.54, 1.807) is 0 Å². The third kappa shape index (κ3) is 2.58. The molecule has 6 heteroatoms. The molecule has 0 spiro atoms. The van der Waals surface area contributed by atoms with Gasteiger partial charge in [-0.2, -0.15) is 4.37 Å². The Bertz CT molecular complexity index is 642. The minimum absolute atomic E-state index is 0.0676. The highest BCUT2D eigenvalue weighted by Crippen LogP contribution is 2.41.